The van der Waals surface area contributed by atoms with Crippen molar-refractivity contribution >= 4 is 11.6 Å². The fourth-order valence-electron chi connectivity index (χ4n) is 4.65. The molecular weight excluding hydrogens is 272 g/mol. The smallest absolute Gasteiger partial charge is 0.251 e. The molecular formula is C19H26N2O. The van der Waals surface area contributed by atoms with Gasteiger partial charge in [-0.25, -0.2) is 0 Å². The number of rotatable bonds is 3. The average molecular weight is 298 g/mol. The number of amides is 1. The van der Waals surface area contributed by atoms with Gasteiger partial charge in [0.05, 0.1) is 0 Å². The van der Waals surface area contributed by atoms with Crippen molar-refractivity contribution in [2.24, 2.45) is 11.8 Å². The number of anilines is 1. The van der Waals surface area contributed by atoms with E-state index >= 15 is 0 Å². The maximum absolute atomic E-state index is 12.4. The summed E-state index contributed by atoms with van der Waals surface area (Å²) < 4.78 is 0. The molecule has 1 saturated heterocycles. The van der Waals surface area contributed by atoms with Crippen LogP contribution in [-0.4, -0.2) is 25.0 Å². The van der Waals surface area contributed by atoms with Gasteiger partial charge in [-0.2, -0.15) is 0 Å². The summed E-state index contributed by atoms with van der Waals surface area (Å²) in [5, 5.41) is 3.27. The third kappa shape index (κ3) is 2.73. The maximum atomic E-state index is 12.4. The summed E-state index contributed by atoms with van der Waals surface area (Å²) in [6, 6.07) is 8.63. The number of fused-ring (bicyclic) bond motifs is 2. The van der Waals surface area contributed by atoms with Crippen LogP contribution in [0, 0.1) is 11.8 Å². The molecule has 3 nitrogen and oxygen atoms in total. The van der Waals surface area contributed by atoms with E-state index in [1.807, 2.05) is 12.1 Å². The van der Waals surface area contributed by atoms with Gasteiger partial charge in [0.1, 0.15) is 0 Å². The predicted molar refractivity (Wildman–Crippen MR) is 89.2 cm³/mol. The SMILES string of the molecule is O=C(N[C@@H]1C[C@H]2CC[C@H]1C2)c1ccc(N2CCCCC2)cc1. The Bertz CT molecular complexity index is 533. The first-order valence-corrected chi connectivity index (χ1v) is 8.95. The Morgan fingerprint density at radius 3 is 2.41 bits per heavy atom. The van der Waals surface area contributed by atoms with Crippen LogP contribution in [0.3, 0.4) is 0 Å². The Balaban J connectivity index is 1.38. The molecule has 1 aliphatic heterocycles. The molecule has 0 aromatic heterocycles. The van der Waals surface area contributed by atoms with Gasteiger partial charge in [0.2, 0.25) is 0 Å². The van der Waals surface area contributed by atoms with Crippen LogP contribution in [0.2, 0.25) is 0 Å². The Morgan fingerprint density at radius 1 is 1.00 bits per heavy atom. The maximum Gasteiger partial charge on any atom is 0.251 e. The molecule has 3 atom stereocenters. The van der Waals surface area contributed by atoms with E-state index in [1.54, 1.807) is 0 Å². The summed E-state index contributed by atoms with van der Waals surface area (Å²) in [5.41, 5.74) is 2.07. The Morgan fingerprint density at radius 2 is 1.77 bits per heavy atom. The average Bonchev–Trinajstić information content (AvgIpc) is 3.19. The summed E-state index contributed by atoms with van der Waals surface area (Å²) in [4.78, 5) is 14.9. The molecule has 4 rings (SSSR count). The van der Waals surface area contributed by atoms with Crippen molar-refractivity contribution in [3.05, 3.63) is 29.8 Å². The minimum Gasteiger partial charge on any atom is -0.372 e. The van der Waals surface area contributed by atoms with Gasteiger partial charge in [-0.1, -0.05) is 6.42 Å². The molecule has 118 valence electrons. The van der Waals surface area contributed by atoms with E-state index in [0.29, 0.717) is 6.04 Å². The third-order valence-corrected chi connectivity index (χ3v) is 5.91. The van der Waals surface area contributed by atoms with E-state index in [4.69, 9.17) is 0 Å². The van der Waals surface area contributed by atoms with Gasteiger partial charge in [0, 0.05) is 30.4 Å². The van der Waals surface area contributed by atoms with Gasteiger partial charge in [-0.15, -0.1) is 0 Å². The fourth-order valence-corrected chi connectivity index (χ4v) is 4.65. The molecule has 3 fully saturated rings. The van der Waals surface area contributed by atoms with Crippen LogP contribution in [0.4, 0.5) is 5.69 Å². The second-order valence-corrected chi connectivity index (χ2v) is 7.35. The zero-order valence-corrected chi connectivity index (χ0v) is 13.3. The molecule has 0 unspecified atom stereocenters. The van der Waals surface area contributed by atoms with E-state index < -0.39 is 0 Å². The first-order chi connectivity index (χ1) is 10.8. The van der Waals surface area contributed by atoms with Crippen molar-refractivity contribution in [3.8, 4) is 0 Å². The fraction of sp³-hybridized carbons (Fsp3) is 0.632. The lowest BCUT2D eigenvalue weighted by atomic mass is 9.95. The highest BCUT2D eigenvalue weighted by Crippen LogP contribution is 2.44. The molecule has 2 saturated carbocycles. The molecule has 2 aliphatic carbocycles. The lowest BCUT2D eigenvalue weighted by Gasteiger charge is -2.29. The predicted octanol–water partition coefficient (Wildman–Crippen LogP) is 3.60. The largest absolute Gasteiger partial charge is 0.372 e. The number of nitrogens with zero attached hydrogens (tertiary/aromatic N) is 1. The lowest BCUT2D eigenvalue weighted by Crippen LogP contribution is -2.38. The second-order valence-electron chi connectivity index (χ2n) is 7.35. The number of benzene rings is 1. The van der Waals surface area contributed by atoms with Crippen LogP contribution in [-0.2, 0) is 0 Å². The first-order valence-electron chi connectivity index (χ1n) is 8.95. The molecule has 3 heteroatoms. The van der Waals surface area contributed by atoms with Gasteiger partial charge in [0.25, 0.3) is 5.91 Å². The van der Waals surface area contributed by atoms with Crippen molar-refractivity contribution < 1.29 is 4.79 Å². The molecule has 2 bridgehead atoms. The summed E-state index contributed by atoms with van der Waals surface area (Å²) in [7, 11) is 0. The summed E-state index contributed by atoms with van der Waals surface area (Å²) in [6.45, 7) is 2.30. The van der Waals surface area contributed by atoms with Crippen molar-refractivity contribution in [1.82, 2.24) is 5.32 Å². The number of carbonyl (C=O) groups excluding carboxylic acids is 1. The minimum absolute atomic E-state index is 0.114. The van der Waals surface area contributed by atoms with Crippen LogP contribution < -0.4 is 10.2 Å². The zero-order valence-electron chi connectivity index (χ0n) is 13.3. The van der Waals surface area contributed by atoms with Gasteiger partial charge in [-0.05, 0) is 74.6 Å². The van der Waals surface area contributed by atoms with Crippen LogP contribution in [0.1, 0.15) is 55.3 Å². The first kappa shape index (κ1) is 14.1. The van der Waals surface area contributed by atoms with Crippen LogP contribution in [0.15, 0.2) is 24.3 Å². The summed E-state index contributed by atoms with van der Waals surface area (Å²) in [6.07, 6.45) is 9.13. The zero-order chi connectivity index (χ0) is 14.9. The minimum atomic E-state index is 0.114. The molecule has 1 aromatic rings. The second kappa shape index (κ2) is 5.94. The van der Waals surface area contributed by atoms with Gasteiger partial charge in [-0.3, -0.25) is 4.79 Å². The normalized spacial score (nSPS) is 30.5. The van der Waals surface area contributed by atoms with Crippen molar-refractivity contribution in [3.63, 3.8) is 0 Å². The van der Waals surface area contributed by atoms with E-state index in [-0.39, 0.29) is 5.91 Å². The van der Waals surface area contributed by atoms with Crippen molar-refractivity contribution in [2.45, 2.75) is 51.0 Å². The highest BCUT2D eigenvalue weighted by molar-refractivity contribution is 5.94. The standard InChI is InChI=1S/C19H26N2O/c22-19(20-18-13-14-4-5-16(18)12-14)15-6-8-17(9-7-15)21-10-2-1-3-11-21/h6-9,14,16,18H,1-5,10-13H2,(H,20,22)/t14-,16-,18+/m0/s1. The van der Waals surface area contributed by atoms with Gasteiger partial charge in [0.15, 0.2) is 0 Å². The Hall–Kier alpha value is -1.51. The van der Waals surface area contributed by atoms with Crippen molar-refractivity contribution in [2.75, 3.05) is 18.0 Å². The number of hydrogen-bond donors (Lipinski definition) is 1. The van der Waals surface area contributed by atoms with Crippen molar-refractivity contribution in [1.29, 1.82) is 0 Å². The number of carbonyl (C=O) groups is 1. The molecule has 3 aliphatic rings. The molecule has 0 spiro atoms. The number of piperidine rings is 1. The van der Waals surface area contributed by atoms with Gasteiger partial charge < -0.3 is 10.2 Å². The van der Waals surface area contributed by atoms with E-state index in [2.05, 4.69) is 22.3 Å². The van der Waals surface area contributed by atoms with E-state index in [1.165, 1.54) is 50.6 Å². The summed E-state index contributed by atoms with van der Waals surface area (Å²) >= 11 is 0. The Labute approximate surface area is 133 Å². The summed E-state index contributed by atoms with van der Waals surface area (Å²) in [5.74, 6) is 1.72. The van der Waals surface area contributed by atoms with Crippen LogP contribution in [0.5, 0.6) is 0 Å². The van der Waals surface area contributed by atoms with Gasteiger partial charge >= 0.3 is 0 Å². The van der Waals surface area contributed by atoms with E-state index in [9.17, 15) is 4.79 Å². The van der Waals surface area contributed by atoms with Crippen LogP contribution >= 0.6 is 0 Å². The monoisotopic (exact) mass is 298 g/mol. The number of hydrogen-bond acceptors (Lipinski definition) is 2. The molecule has 1 aromatic carbocycles. The molecule has 1 N–H and O–H groups in total. The lowest BCUT2D eigenvalue weighted by molar-refractivity contribution is 0.0923. The highest BCUT2D eigenvalue weighted by atomic mass is 16.1. The third-order valence-electron chi connectivity index (χ3n) is 5.91. The molecule has 1 heterocycles. The molecule has 0 radical (unpaired) electrons. The molecule has 22 heavy (non-hydrogen) atoms. The van der Waals surface area contributed by atoms with E-state index in [0.717, 1.165) is 30.5 Å². The number of nitrogens with one attached hydrogen (secondary N) is 1. The Kier molecular flexibility index (Phi) is 3.81. The topological polar surface area (TPSA) is 32.3 Å². The highest BCUT2D eigenvalue weighted by Gasteiger charge is 2.40. The molecule has 1 amide bonds. The quantitative estimate of drug-likeness (QED) is 0.925. The van der Waals surface area contributed by atoms with Crippen LogP contribution in [0.25, 0.3) is 0 Å².